The summed E-state index contributed by atoms with van der Waals surface area (Å²) in [5, 5.41) is 9.31. The summed E-state index contributed by atoms with van der Waals surface area (Å²) in [4.78, 5) is 2.63. The van der Waals surface area contributed by atoms with E-state index in [-0.39, 0.29) is 12.1 Å². The van der Waals surface area contributed by atoms with Crippen molar-refractivity contribution in [1.82, 2.24) is 4.90 Å². The van der Waals surface area contributed by atoms with Crippen LogP contribution in [0, 0.1) is 5.92 Å². The van der Waals surface area contributed by atoms with Gasteiger partial charge in [0.05, 0.1) is 6.61 Å². The normalized spacial score (nSPS) is 46.1. The molecule has 3 heteroatoms. The van der Waals surface area contributed by atoms with E-state index >= 15 is 0 Å². The van der Waals surface area contributed by atoms with Crippen molar-refractivity contribution in [2.45, 2.75) is 63.6 Å². The summed E-state index contributed by atoms with van der Waals surface area (Å²) >= 11 is 0. The summed E-state index contributed by atoms with van der Waals surface area (Å²) in [6, 6.07) is 1.30. The Labute approximate surface area is 99.0 Å². The van der Waals surface area contributed by atoms with E-state index in [0.29, 0.717) is 12.1 Å². The number of nitrogens with zero attached hydrogens (tertiary/aromatic N) is 1. The number of hydrogen-bond donors (Lipinski definition) is 2. The first-order chi connectivity index (χ1) is 7.54. The Hall–Kier alpha value is -0.120. The number of piperidine rings is 1. The first-order valence-corrected chi connectivity index (χ1v) is 6.69. The molecule has 0 aromatic heterocycles. The molecule has 1 aliphatic carbocycles. The van der Waals surface area contributed by atoms with Gasteiger partial charge in [-0.3, -0.25) is 4.90 Å². The van der Waals surface area contributed by atoms with Crippen molar-refractivity contribution in [2.75, 3.05) is 13.2 Å². The van der Waals surface area contributed by atoms with Gasteiger partial charge in [0.25, 0.3) is 0 Å². The summed E-state index contributed by atoms with van der Waals surface area (Å²) < 4.78 is 0. The van der Waals surface area contributed by atoms with Gasteiger partial charge >= 0.3 is 0 Å². The molecule has 0 radical (unpaired) electrons. The fourth-order valence-electron chi connectivity index (χ4n) is 3.52. The number of nitrogens with two attached hydrogens (primary N) is 1. The zero-order valence-corrected chi connectivity index (χ0v) is 10.7. The van der Waals surface area contributed by atoms with E-state index in [2.05, 4.69) is 18.7 Å². The summed E-state index contributed by atoms with van der Waals surface area (Å²) in [7, 11) is 0. The molecule has 0 amide bonds. The Morgan fingerprint density at radius 3 is 2.69 bits per heavy atom. The van der Waals surface area contributed by atoms with E-state index in [0.717, 1.165) is 25.2 Å². The van der Waals surface area contributed by atoms with Crippen LogP contribution in [0.25, 0.3) is 0 Å². The summed E-state index contributed by atoms with van der Waals surface area (Å²) in [6.45, 7) is 6.05. The summed E-state index contributed by atoms with van der Waals surface area (Å²) in [6.07, 6.45) is 5.75. The first-order valence-electron chi connectivity index (χ1n) is 6.69. The van der Waals surface area contributed by atoms with E-state index in [1.807, 2.05) is 0 Å². The SMILES string of the molecule is CC1CCN(C2CCC(N)(CO)C2)C(C)C1. The third kappa shape index (κ3) is 2.41. The van der Waals surface area contributed by atoms with Gasteiger partial charge in [0.15, 0.2) is 0 Å². The molecule has 0 aromatic carbocycles. The lowest BCUT2D eigenvalue weighted by Gasteiger charge is -2.41. The average Bonchev–Trinajstić information content (AvgIpc) is 2.62. The Morgan fingerprint density at radius 1 is 1.38 bits per heavy atom. The Bertz CT molecular complexity index is 246. The van der Waals surface area contributed by atoms with Gasteiger partial charge in [0.2, 0.25) is 0 Å². The van der Waals surface area contributed by atoms with Crippen molar-refractivity contribution in [3.05, 3.63) is 0 Å². The monoisotopic (exact) mass is 226 g/mol. The molecule has 1 heterocycles. The molecule has 94 valence electrons. The Kier molecular flexibility index (Phi) is 3.57. The number of rotatable bonds is 2. The van der Waals surface area contributed by atoms with E-state index in [4.69, 9.17) is 5.73 Å². The van der Waals surface area contributed by atoms with Crippen LogP contribution in [0.15, 0.2) is 0 Å². The highest BCUT2D eigenvalue weighted by molar-refractivity contribution is 4.98. The zero-order chi connectivity index (χ0) is 11.8. The van der Waals surface area contributed by atoms with Crippen LogP contribution < -0.4 is 5.73 Å². The van der Waals surface area contributed by atoms with Crippen LogP contribution in [-0.4, -0.2) is 40.8 Å². The standard InChI is InChI=1S/C13H26N2O/c1-10-4-6-15(11(2)7-10)12-3-5-13(14,8-12)9-16/h10-12,16H,3-9,14H2,1-2H3. The van der Waals surface area contributed by atoms with E-state index in [1.54, 1.807) is 0 Å². The molecule has 4 atom stereocenters. The van der Waals surface area contributed by atoms with Crippen LogP contribution in [0.1, 0.15) is 46.0 Å². The summed E-state index contributed by atoms with van der Waals surface area (Å²) in [5.41, 5.74) is 5.85. The minimum atomic E-state index is -0.298. The predicted octanol–water partition coefficient (Wildman–Crippen LogP) is 1.35. The minimum absolute atomic E-state index is 0.141. The largest absolute Gasteiger partial charge is 0.394 e. The molecule has 1 saturated carbocycles. The maximum absolute atomic E-state index is 9.31. The van der Waals surface area contributed by atoms with E-state index < -0.39 is 0 Å². The maximum atomic E-state index is 9.31. The number of hydrogen-bond acceptors (Lipinski definition) is 3. The quantitative estimate of drug-likeness (QED) is 0.747. The van der Waals surface area contributed by atoms with Crippen molar-refractivity contribution in [3.8, 4) is 0 Å². The fraction of sp³-hybridized carbons (Fsp3) is 1.00. The first kappa shape index (κ1) is 12.3. The third-order valence-electron chi connectivity index (χ3n) is 4.59. The van der Waals surface area contributed by atoms with Crippen molar-refractivity contribution < 1.29 is 5.11 Å². The van der Waals surface area contributed by atoms with Gasteiger partial charge in [0, 0.05) is 17.6 Å². The highest BCUT2D eigenvalue weighted by Gasteiger charge is 2.40. The highest BCUT2D eigenvalue weighted by atomic mass is 16.3. The van der Waals surface area contributed by atoms with Crippen LogP contribution >= 0.6 is 0 Å². The van der Waals surface area contributed by atoms with Crippen LogP contribution in [0.3, 0.4) is 0 Å². The molecule has 2 fully saturated rings. The molecule has 2 rings (SSSR count). The van der Waals surface area contributed by atoms with Crippen LogP contribution in [0.2, 0.25) is 0 Å². The molecule has 0 bridgehead atoms. The molecule has 2 aliphatic rings. The number of aliphatic hydroxyl groups is 1. The molecule has 1 aliphatic heterocycles. The smallest absolute Gasteiger partial charge is 0.0611 e. The topological polar surface area (TPSA) is 49.5 Å². The van der Waals surface area contributed by atoms with Gasteiger partial charge in [-0.15, -0.1) is 0 Å². The molecular weight excluding hydrogens is 200 g/mol. The van der Waals surface area contributed by atoms with Crippen molar-refractivity contribution in [3.63, 3.8) is 0 Å². The molecule has 3 N–H and O–H groups in total. The van der Waals surface area contributed by atoms with Gasteiger partial charge in [-0.1, -0.05) is 6.92 Å². The fourth-order valence-corrected chi connectivity index (χ4v) is 3.52. The maximum Gasteiger partial charge on any atom is 0.0611 e. The van der Waals surface area contributed by atoms with E-state index in [1.165, 1.54) is 19.4 Å². The second-order valence-corrected chi connectivity index (χ2v) is 6.13. The van der Waals surface area contributed by atoms with Crippen LogP contribution in [0.4, 0.5) is 0 Å². The van der Waals surface area contributed by atoms with Crippen LogP contribution in [0.5, 0.6) is 0 Å². The Morgan fingerprint density at radius 2 is 2.12 bits per heavy atom. The van der Waals surface area contributed by atoms with Gasteiger partial charge in [-0.2, -0.15) is 0 Å². The number of aliphatic hydroxyl groups excluding tert-OH is 1. The molecule has 1 saturated heterocycles. The molecule has 16 heavy (non-hydrogen) atoms. The average molecular weight is 226 g/mol. The second kappa shape index (κ2) is 4.63. The third-order valence-corrected chi connectivity index (χ3v) is 4.59. The summed E-state index contributed by atoms with van der Waals surface area (Å²) in [5.74, 6) is 0.869. The van der Waals surface area contributed by atoms with Gasteiger partial charge in [-0.25, -0.2) is 0 Å². The van der Waals surface area contributed by atoms with Gasteiger partial charge in [0.1, 0.15) is 0 Å². The van der Waals surface area contributed by atoms with E-state index in [9.17, 15) is 5.11 Å². The minimum Gasteiger partial charge on any atom is -0.394 e. The zero-order valence-electron chi connectivity index (χ0n) is 10.7. The molecule has 0 aromatic rings. The van der Waals surface area contributed by atoms with Crippen molar-refractivity contribution in [1.29, 1.82) is 0 Å². The molecule has 3 nitrogen and oxygen atoms in total. The number of likely N-dealkylation sites (tertiary alicyclic amines) is 1. The lowest BCUT2D eigenvalue weighted by molar-refractivity contribution is 0.0779. The molecule has 4 unspecified atom stereocenters. The lowest BCUT2D eigenvalue weighted by atomic mass is 9.91. The van der Waals surface area contributed by atoms with Gasteiger partial charge < -0.3 is 10.8 Å². The second-order valence-electron chi connectivity index (χ2n) is 6.13. The van der Waals surface area contributed by atoms with Gasteiger partial charge in [-0.05, 0) is 51.5 Å². The lowest BCUT2D eigenvalue weighted by Crippen LogP contribution is -2.48. The molecular formula is C13H26N2O. The van der Waals surface area contributed by atoms with Crippen molar-refractivity contribution >= 4 is 0 Å². The van der Waals surface area contributed by atoms with Crippen LogP contribution in [-0.2, 0) is 0 Å². The molecule has 0 spiro atoms. The van der Waals surface area contributed by atoms with Crippen molar-refractivity contribution in [2.24, 2.45) is 11.7 Å². The highest BCUT2D eigenvalue weighted by Crippen LogP contribution is 2.35. The predicted molar refractivity (Wildman–Crippen MR) is 66.2 cm³/mol. The Balaban J connectivity index is 1.94.